The number of carbonyl (C=O) groups is 1. The van der Waals surface area contributed by atoms with E-state index in [2.05, 4.69) is 10.2 Å². The average molecular weight is 366 g/mol. The number of ether oxygens (including phenoxy) is 1. The summed E-state index contributed by atoms with van der Waals surface area (Å²) in [7, 11) is 1.64. The summed E-state index contributed by atoms with van der Waals surface area (Å²) in [5.41, 5.74) is 2.92. The number of hydrogen-bond acceptors (Lipinski definition) is 6. The lowest BCUT2D eigenvalue weighted by molar-refractivity contribution is 0.0979. The largest absolute Gasteiger partial charge is 0.496 e. The maximum atomic E-state index is 12.7. The van der Waals surface area contributed by atoms with Crippen molar-refractivity contribution in [3.05, 3.63) is 71.1 Å². The molecule has 0 radical (unpaired) electrons. The molecule has 0 saturated heterocycles. The molecule has 0 fully saturated rings. The number of hydrogen-bond donors (Lipinski definition) is 0. The summed E-state index contributed by atoms with van der Waals surface area (Å²) in [6.45, 7) is 0. The van der Waals surface area contributed by atoms with Gasteiger partial charge in [0.25, 0.3) is 5.22 Å². The van der Waals surface area contributed by atoms with Crippen molar-refractivity contribution >= 4 is 17.5 Å². The molecule has 5 nitrogen and oxygen atoms in total. The van der Waals surface area contributed by atoms with Crippen molar-refractivity contribution in [2.24, 2.45) is 0 Å². The first-order valence-corrected chi connectivity index (χ1v) is 9.35. The van der Waals surface area contributed by atoms with Gasteiger partial charge >= 0.3 is 0 Å². The standard InChI is InChI=1S/C20H18N2O3S/c1-24-16-9-5-3-7-14(16)12-18-21-22-20(25-18)26-17-11-10-13-6-2-4-8-15(13)19(17)23/h2-9,17H,10-12H2,1H3. The Morgan fingerprint density at radius 3 is 2.85 bits per heavy atom. The summed E-state index contributed by atoms with van der Waals surface area (Å²) in [6, 6.07) is 15.5. The predicted molar refractivity (Wildman–Crippen MR) is 98.8 cm³/mol. The number of Topliss-reactive ketones (excluding diaryl/α,β-unsaturated/α-hetero) is 1. The normalized spacial score (nSPS) is 16.3. The molecular formula is C20H18N2O3S. The molecule has 1 heterocycles. The summed E-state index contributed by atoms with van der Waals surface area (Å²) in [4.78, 5) is 12.7. The fourth-order valence-corrected chi connectivity index (χ4v) is 4.12. The summed E-state index contributed by atoms with van der Waals surface area (Å²) in [5.74, 6) is 1.45. The molecule has 1 aliphatic carbocycles. The van der Waals surface area contributed by atoms with Crippen LogP contribution in [0.3, 0.4) is 0 Å². The van der Waals surface area contributed by atoms with Crippen LogP contribution in [0, 0.1) is 0 Å². The molecule has 26 heavy (non-hydrogen) atoms. The monoisotopic (exact) mass is 366 g/mol. The molecule has 0 saturated carbocycles. The van der Waals surface area contributed by atoms with Gasteiger partial charge in [0, 0.05) is 11.1 Å². The zero-order chi connectivity index (χ0) is 17.9. The Bertz CT molecular complexity index is 938. The van der Waals surface area contributed by atoms with Crippen LogP contribution >= 0.6 is 11.8 Å². The first-order valence-electron chi connectivity index (χ1n) is 8.47. The van der Waals surface area contributed by atoms with Crippen molar-refractivity contribution in [1.29, 1.82) is 0 Å². The molecule has 132 valence electrons. The molecular weight excluding hydrogens is 348 g/mol. The van der Waals surface area contributed by atoms with Crippen molar-refractivity contribution in [3.63, 3.8) is 0 Å². The van der Waals surface area contributed by atoms with E-state index in [0.29, 0.717) is 17.5 Å². The highest BCUT2D eigenvalue weighted by Gasteiger charge is 2.29. The van der Waals surface area contributed by atoms with E-state index in [-0.39, 0.29) is 11.0 Å². The van der Waals surface area contributed by atoms with Crippen molar-refractivity contribution in [3.8, 4) is 5.75 Å². The second kappa shape index (κ2) is 7.33. The molecule has 1 aliphatic rings. The van der Waals surface area contributed by atoms with E-state index in [1.165, 1.54) is 11.8 Å². The van der Waals surface area contributed by atoms with Gasteiger partial charge in [-0.25, -0.2) is 0 Å². The third kappa shape index (κ3) is 3.37. The van der Waals surface area contributed by atoms with E-state index in [0.717, 1.165) is 35.3 Å². The number of aromatic nitrogens is 2. The number of ketones is 1. The van der Waals surface area contributed by atoms with Gasteiger partial charge < -0.3 is 9.15 Å². The van der Waals surface area contributed by atoms with Gasteiger partial charge in [-0.15, -0.1) is 10.2 Å². The number of nitrogens with zero attached hydrogens (tertiary/aromatic N) is 2. The number of para-hydroxylation sites is 1. The SMILES string of the molecule is COc1ccccc1Cc1nnc(SC2CCc3ccccc3C2=O)o1. The number of methoxy groups -OCH3 is 1. The highest BCUT2D eigenvalue weighted by atomic mass is 32.2. The molecule has 2 aromatic carbocycles. The lowest BCUT2D eigenvalue weighted by atomic mass is 9.90. The van der Waals surface area contributed by atoms with Crippen molar-refractivity contribution < 1.29 is 13.9 Å². The molecule has 0 bridgehead atoms. The van der Waals surface area contributed by atoms with E-state index in [9.17, 15) is 4.79 Å². The second-order valence-electron chi connectivity index (χ2n) is 6.12. The Morgan fingerprint density at radius 2 is 1.96 bits per heavy atom. The van der Waals surface area contributed by atoms with Crippen LogP contribution in [-0.2, 0) is 12.8 Å². The number of carbonyl (C=O) groups excluding carboxylic acids is 1. The Hall–Kier alpha value is -2.60. The predicted octanol–water partition coefficient (Wildman–Crippen LogP) is 3.96. The molecule has 1 unspecified atom stereocenters. The van der Waals surface area contributed by atoms with Crippen LogP contribution in [0.4, 0.5) is 0 Å². The maximum absolute atomic E-state index is 12.7. The van der Waals surface area contributed by atoms with E-state index in [1.54, 1.807) is 7.11 Å². The van der Waals surface area contributed by atoms with E-state index < -0.39 is 0 Å². The summed E-state index contributed by atoms with van der Waals surface area (Å²) >= 11 is 1.36. The minimum Gasteiger partial charge on any atom is -0.496 e. The van der Waals surface area contributed by atoms with Crippen LogP contribution in [0.1, 0.15) is 33.8 Å². The van der Waals surface area contributed by atoms with Gasteiger partial charge in [-0.3, -0.25) is 4.79 Å². The van der Waals surface area contributed by atoms with Gasteiger partial charge in [0.2, 0.25) is 5.89 Å². The van der Waals surface area contributed by atoms with Crippen molar-refractivity contribution in [2.75, 3.05) is 7.11 Å². The number of fused-ring (bicyclic) bond motifs is 1. The fraction of sp³-hybridized carbons (Fsp3) is 0.250. The smallest absolute Gasteiger partial charge is 0.277 e. The topological polar surface area (TPSA) is 65.2 Å². The van der Waals surface area contributed by atoms with Gasteiger partial charge in [0.05, 0.1) is 18.8 Å². The minimum atomic E-state index is -0.176. The van der Waals surface area contributed by atoms with Crippen LogP contribution in [0.15, 0.2) is 58.2 Å². The molecule has 3 aromatic rings. The van der Waals surface area contributed by atoms with E-state index in [1.807, 2.05) is 48.5 Å². The third-order valence-electron chi connectivity index (χ3n) is 4.48. The van der Waals surface area contributed by atoms with Gasteiger partial charge in [-0.05, 0) is 24.5 Å². The first-order chi connectivity index (χ1) is 12.7. The zero-order valence-corrected chi connectivity index (χ0v) is 15.2. The molecule has 4 rings (SSSR count). The van der Waals surface area contributed by atoms with Crippen molar-refractivity contribution in [1.82, 2.24) is 10.2 Å². The Kier molecular flexibility index (Phi) is 4.75. The Morgan fingerprint density at radius 1 is 1.15 bits per heavy atom. The van der Waals surface area contributed by atoms with Gasteiger partial charge in [0.15, 0.2) is 5.78 Å². The van der Waals surface area contributed by atoms with Crippen LogP contribution < -0.4 is 4.74 Å². The highest BCUT2D eigenvalue weighted by molar-refractivity contribution is 8.00. The van der Waals surface area contributed by atoms with E-state index in [4.69, 9.17) is 9.15 Å². The lowest BCUT2D eigenvalue weighted by Gasteiger charge is -2.21. The summed E-state index contributed by atoms with van der Waals surface area (Å²) in [5, 5.41) is 8.48. The number of rotatable bonds is 5. The van der Waals surface area contributed by atoms with Crippen LogP contribution in [0.5, 0.6) is 5.75 Å². The Labute approximate surface area is 155 Å². The maximum Gasteiger partial charge on any atom is 0.277 e. The number of aryl methyl sites for hydroxylation is 1. The fourth-order valence-electron chi connectivity index (χ4n) is 3.17. The zero-order valence-electron chi connectivity index (χ0n) is 14.3. The van der Waals surface area contributed by atoms with Crippen LogP contribution in [0.25, 0.3) is 0 Å². The molecule has 0 amide bonds. The van der Waals surface area contributed by atoms with Gasteiger partial charge in [-0.2, -0.15) is 0 Å². The number of thioether (sulfide) groups is 1. The highest BCUT2D eigenvalue weighted by Crippen LogP contribution is 2.33. The molecule has 1 aromatic heterocycles. The third-order valence-corrected chi connectivity index (χ3v) is 5.58. The molecule has 6 heteroatoms. The van der Waals surface area contributed by atoms with Crippen LogP contribution in [0.2, 0.25) is 0 Å². The summed E-state index contributed by atoms with van der Waals surface area (Å²) in [6.07, 6.45) is 2.17. The van der Waals surface area contributed by atoms with Gasteiger partial charge in [0.1, 0.15) is 5.75 Å². The first kappa shape index (κ1) is 16.8. The molecule has 0 spiro atoms. The number of benzene rings is 2. The molecule has 0 N–H and O–H groups in total. The molecule has 0 aliphatic heterocycles. The average Bonchev–Trinajstić information content (AvgIpc) is 3.12. The lowest BCUT2D eigenvalue weighted by Crippen LogP contribution is -2.24. The second-order valence-corrected chi connectivity index (χ2v) is 7.27. The molecule has 1 atom stereocenters. The van der Waals surface area contributed by atoms with Crippen LogP contribution in [-0.4, -0.2) is 28.3 Å². The summed E-state index contributed by atoms with van der Waals surface area (Å²) < 4.78 is 11.1. The quantitative estimate of drug-likeness (QED) is 0.681. The minimum absolute atomic E-state index is 0.140. The van der Waals surface area contributed by atoms with E-state index >= 15 is 0 Å². The van der Waals surface area contributed by atoms with Crippen molar-refractivity contribution in [2.45, 2.75) is 29.7 Å². The Balaban J connectivity index is 1.47. The van der Waals surface area contributed by atoms with Gasteiger partial charge in [-0.1, -0.05) is 54.2 Å².